The van der Waals surface area contributed by atoms with Crippen LogP contribution in [0.25, 0.3) is 0 Å². The van der Waals surface area contributed by atoms with Gasteiger partial charge in [0, 0.05) is 49.5 Å². The molecule has 168 valence electrons. The first-order valence-corrected chi connectivity index (χ1v) is 10.8. The Morgan fingerprint density at radius 1 is 1.03 bits per heavy atom. The number of carbonyl (C=O) groups is 1. The molecule has 0 bridgehead atoms. The van der Waals surface area contributed by atoms with Gasteiger partial charge in [0.25, 0.3) is 0 Å². The van der Waals surface area contributed by atoms with Crippen LogP contribution in [0.1, 0.15) is 18.1 Å². The molecule has 1 saturated heterocycles. The number of benzene rings is 2. The third-order valence-corrected chi connectivity index (χ3v) is 6.55. The molecule has 2 aromatic rings. The maximum Gasteiger partial charge on any atom is 0.322 e. The third-order valence-electron chi connectivity index (χ3n) is 6.55. The number of anilines is 1. The standard InChI is InChI=1S/C24H26F2N4O2/c25-17-6-7-21(26)20(8-17)23-22(27)9-19(14-32-23)29-10-15-12-30(13-16(15)11-29)24(31)28-18-4-2-1-3-5-18/h1-8,19,22-23H,9-14,27H2,(H,28,31). The number of urea groups is 1. The van der Waals surface area contributed by atoms with Crippen molar-refractivity contribution in [2.45, 2.75) is 24.6 Å². The van der Waals surface area contributed by atoms with Crippen molar-refractivity contribution in [2.75, 3.05) is 38.1 Å². The zero-order valence-electron chi connectivity index (χ0n) is 17.6. The molecule has 6 nitrogen and oxygen atoms in total. The van der Waals surface area contributed by atoms with Crippen molar-refractivity contribution >= 4 is 11.7 Å². The Morgan fingerprint density at radius 2 is 1.75 bits per heavy atom. The van der Waals surface area contributed by atoms with E-state index in [1.165, 1.54) is 17.2 Å². The average molecular weight is 440 g/mol. The van der Waals surface area contributed by atoms with Gasteiger partial charge in [0.05, 0.1) is 6.61 Å². The zero-order chi connectivity index (χ0) is 22.2. The normalized spacial score (nSPS) is 25.8. The van der Waals surface area contributed by atoms with E-state index in [-0.39, 0.29) is 17.6 Å². The van der Waals surface area contributed by atoms with Crippen molar-refractivity contribution < 1.29 is 18.3 Å². The Labute approximate surface area is 185 Å². The number of halogens is 2. The number of ether oxygens (including phenoxy) is 1. The number of para-hydroxylation sites is 1. The van der Waals surface area contributed by atoms with Crippen LogP contribution >= 0.6 is 0 Å². The highest BCUT2D eigenvalue weighted by atomic mass is 19.1. The molecule has 0 aromatic heterocycles. The van der Waals surface area contributed by atoms with Gasteiger partial charge in [0.15, 0.2) is 0 Å². The highest BCUT2D eigenvalue weighted by Crippen LogP contribution is 2.34. The summed E-state index contributed by atoms with van der Waals surface area (Å²) in [7, 11) is 0. The molecular weight excluding hydrogens is 414 g/mol. The van der Waals surface area contributed by atoms with E-state index in [0.717, 1.165) is 30.9 Å². The minimum absolute atomic E-state index is 0.0971. The molecule has 3 heterocycles. The molecule has 3 aliphatic rings. The van der Waals surface area contributed by atoms with Crippen LogP contribution in [0.3, 0.4) is 0 Å². The molecule has 0 radical (unpaired) electrons. The second-order valence-corrected chi connectivity index (χ2v) is 8.74. The molecule has 0 aliphatic carbocycles. The number of hydrogen-bond donors (Lipinski definition) is 2. The zero-order valence-corrected chi connectivity index (χ0v) is 17.6. The summed E-state index contributed by atoms with van der Waals surface area (Å²) in [6.45, 7) is 3.17. The van der Waals surface area contributed by atoms with Crippen molar-refractivity contribution in [1.82, 2.24) is 9.80 Å². The van der Waals surface area contributed by atoms with E-state index in [9.17, 15) is 13.6 Å². The Morgan fingerprint density at radius 3 is 2.44 bits per heavy atom. The molecular formula is C24H26F2N4O2. The van der Waals surface area contributed by atoms with Gasteiger partial charge in [-0.1, -0.05) is 18.2 Å². The van der Waals surface area contributed by atoms with Crippen molar-refractivity contribution in [3.63, 3.8) is 0 Å². The predicted octanol–water partition coefficient (Wildman–Crippen LogP) is 3.28. The van der Waals surface area contributed by atoms with Gasteiger partial charge in [0.1, 0.15) is 17.7 Å². The predicted molar refractivity (Wildman–Crippen MR) is 117 cm³/mol. The Hall–Kier alpha value is -2.81. The van der Waals surface area contributed by atoms with Crippen LogP contribution in [0.4, 0.5) is 19.3 Å². The second-order valence-electron chi connectivity index (χ2n) is 8.74. The van der Waals surface area contributed by atoms with Gasteiger partial charge >= 0.3 is 6.03 Å². The number of nitrogens with one attached hydrogen (secondary N) is 1. The largest absolute Gasteiger partial charge is 0.370 e. The molecule has 8 heteroatoms. The average Bonchev–Trinajstić information content (AvgIpc) is 3.36. The van der Waals surface area contributed by atoms with Crippen LogP contribution in [-0.4, -0.2) is 60.7 Å². The summed E-state index contributed by atoms with van der Waals surface area (Å²) >= 11 is 0. The fraction of sp³-hybridized carbons (Fsp3) is 0.375. The second kappa shape index (κ2) is 8.61. The first-order chi connectivity index (χ1) is 15.5. The number of rotatable bonds is 3. The van der Waals surface area contributed by atoms with Crippen LogP contribution in [0, 0.1) is 11.6 Å². The fourth-order valence-electron chi connectivity index (χ4n) is 4.89. The lowest BCUT2D eigenvalue weighted by Crippen LogP contribution is -2.49. The molecule has 32 heavy (non-hydrogen) atoms. The van der Waals surface area contributed by atoms with Gasteiger partial charge in [-0.2, -0.15) is 0 Å². The lowest BCUT2D eigenvalue weighted by Gasteiger charge is -2.39. The van der Waals surface area contributed by atoms with Gasteiger partial charge < -0.3 is 20.7 Å². The number of hydrogen-bond acceptors (Lipinski definition) is 4. The van der Waals surface area contributed by atoms with Crippen molar-refractivity contribution in [2.24, 2.45) is 5.73 Å². The number of nitrogens with zero attached hydrogens (tertiary/aromatic N) is 2. The van der Waals surface area contributed by atoms with E-state index >= 15 is 0 Å². The first kappa shape index (κ1) is 21.1. The quantitative estimate of drug-likeness (QED) is 0.719. The monoisotopic (exact) mass is 440 g/mol. The van der Waals surface area contributed by atoms with Crippen LogP contribution in [0.5, 0.6) is 0 Å². The topological polar surface area (TPSA) is 70.8 Å². The van der Waals surface area contributed by atoms with E-state index in [4.69, 9.17) is 10.5 Å². The lowest BCUT2D eigenvalue weighted by atomic mass is 9.93. The lowest BCUT2D eigenvalue weighted by molar-refractivity contribution is -0.0468. The molecule has 1 fully saturated rings. The van der Waals surface area contributed by atoms with Gasteiger partial charge in [-0.05, 0) is 47.9 Å². The van der Waals surface area contributed by atoms with E-state index < -0.39 is 23.8 Å². The first-order valence-electron chi connectivity index (χ1n) is 10.8. The van der Waals surface area contributed by atoms with Crippen LogP contribution in [-0.2, 0) is 4.74 Å². The van der Waals surface area contributed by atoms with Crippen LogP contribution < -0.4 is 11.1 Å². The molecule has 0 saturated carbocycles. The van der Waals surface area contributed by atoms with E-state index in [0.29, 0.717) is 26.1 Å². The molecule has 3 atom stereocenters. The van der Waals surface area contributed by atoms with Gasteiger partial charge in [0.2, 0.25) is 0 Å². The fourth-order valence-corrected chi connectivity index (χ4v) is 4.89. The SMILES string of the molecule is NC1CC(N2CC3=C(CN(C(=O)Nc4ccccc4)C3)C2)COC1c1cc(F)ccc1F. The van der Waals surface area contributed by atoms with Crippen LogP contribution in [0.2, 0.25) is 0 Å². The van der Waals surface area contributed by atoms with E-state index in [1.807, 2.05) is 35.2 Å². The molecule has 5 rings (SSSR count). The Kier molecular flexibility index (Phi) is 5.67. The molecule has 3 unspecified atom stereocenters. The smallest absolute Gasteiger partial charge is 0.322 e. The summed E-state index contributed by atoms with van der Waals surface area (Å²) in [5.41, 5.74) is 9.81. The molecule has 3 N–H and O–H groups in total. The number of carbonyl (C=O) groups excluding carboxylic acids is 1. The Bertz CT molecular complexity index is 1030. The van der Waals surface area contributed by atoms with Gasteiger partial charge in [-0.3, -0.25) is 4.90 Å². The minimum atomic E-state index is -0.651. The van der Waals surface area contributed by atoms with E-state index in [2.05, 4.69) is 10.2 Å². The van der Waals surface area contributed by atoms with Crippen molar-refractivity contribution in [3.8, 4) is 0 Å². The maximum atomic E-state index is 14.2. The van der Waals surface area contributed by atoms with E-state index in [1.54, 1.807) is 0 Å². The van der Waals surface area contributed by atoms with Crippen molar-refractivity contribution in [1.29, 1.82) is 0 Å². The number of amides is 2. The molecule has 3 aliphatic heterocycles. The summed E-state index contributed by atoms with van der Waals surface area (Å²) < 4.78 is 33.7. The molecule has 0 spiro atoms. The van der Waals surface area contributed by atoms with Gasteiger partial charge in [-0.15, -0.1) is 0 Å². The third kappa shape index (κ3) is 4.13. The maximum absolute atomic E-state index is 14.2. The summed E-state index contributed by atoms with van der Waals surface area (Å²) in [4.78, 5) is 16.7. The summed E-state index contributed by atoms with van der Waals surface area (Å²) in [5, 5.41) is 2.94. The minimum Gasteiger partial charge on any atom is -0.370 e. The molecule has 2 amide bonds. The highest BCUT2D eigenvalue weighted by molar-refractivity contribution is 5.90. The Balaban J connectivity index is 1.15. The highest BCUT2D eigenvalue weighted by Gasteiger charge is 2.39. The summed E-state index contributed by atoms with van der Waals surface area (Å²) in [5.74, 6) is -0.999. The molecule has 2 aromatic carbocycles. The number of nitrogens with two attached hydrogens (primary N) is 1. The summed E-state index contributed by atoms with van der Waals surface area (Å²) in [6.07, 6.45) is -0.0131. The van der Waals surface area contributed by atoms with Gasteiger partial charge in [-0.25, -0.2) is 13.6 Å². The van der Waals surface area contributed by atoms with Crippen molar-refractivity contribution in [3.05, 3.63) is 76.9 Å². The summed E-state index contributed by atoms with van der Waals surface area (Å²) in [6, 6.07) is 12.4. The van der Waals surface area contributed by atoms with Crippen LogP contribution in [0.15, 0.2) is 59.7 Å².